The number of halogens is 1. The van der Waals surface area contributed by atoms with Crippen molar-refractivity contribution in [2.45, 2.75) is 19.9 Å². The molecule has 0 aliphatic heterocycles. The van der Waals surface area contributed by atoms with E-state index in [1.807, 2.05) is 6.07 Å². The van der Waals surface area contributed by atoms with E-state index >= 15 is 0 Å². The highest BCUT2D eigenvalue weighted by molar-refractivity contribution is 5.56. The number of rotatable bonds is 6. The highest BCUT2D eigenvalue weighted by Gasteiger charge is 2.18. The van der Waals surface area contributed by atoms with Gasteiger partial charge < -0.3 is 9.84 Å². The van der Waals surface area contributed by atoms with Crippen LogP contribution in [0.5, 0.6) is 5.88 Å². The molecule has 2 aromatic rings. The van der Waals surface area contributed by atoms with Crippen molar-refractivity contribution in [1.82, 2.24) is 4.57 Å². The van der Waals surface area contributed by atoms with E-state index in [0.29, 0.717) is 18.7 Å². The van der Waals surface area contributed by atoms with E-state index < -0.39 is 17.3 Å². The van der Waals surface area contributed by atoms with E-state index in [4.69, 9.17) is 4.74 Å². The predicted molar refractivity (Wildman–Crippen MR) is 88.9 cm³/mol. The lowest BCUT2D eigenvalue weighted by molar-refractivity contribution is 0.188. The van der Waals surface area contributed by atoms with Crippen molar-refractivity contribution in [3.8, 4) is 11.9 Å². The van der Waals surface area contributed by atoms with E-state index in [9.17, 15) is 19.6 Å². The number of aromatic nitrogens is 1. The molecule has 0 bridgehead atoms. The second-order valence-corrected chi connectivity index (χ2v) is 5.26. The first-order valence-corrected chi connectivity index (χ1v) is 7.52. The van der Waals surface area contributed by atoms with E-state index in [-0.39, 0.29) is 23.4 Å². The fourth-order valence-electron chi connectivity index (χ4n) is 2.25. The first kappa shape index (κ1) is 18.3. The van der Waals surface area contributed by atoms with Crippen LogP contribution in [0.1, 0.15) is 17.5 Å². The monoisotopic (exact) mass is 344 g/mol. The molecule has 1 N–H and O–H groups in total. The summed E-state index contributed by atoms with van der Waals surface area (Å²) in [7, 11) is 1.53. The zero-order chi connectivity index (χ0) is 18.4. The Labute approximate surface area is 143 Å². The molecule has 1 aromatic carbocycles. The van der Waals surface area contributed by atoms with Gasteiger partial charge in [-0.25, -0.2) is 4.39 Å². The minimum atomic E-state index is -0.559. The second-order valence-electron chi connectivity index (χ2n) is 5.26. The molecular weight excluding hydrogens is 327 g/mol. The summed E-state index contributed by atoms with van der Waals surface area (Å²) in [6.45, 7) is 2.08. The Balaban J connectivity index is 2.49. The summed E-state index contributed by atoms with van der Waals surface area (Å²) in [5.41, 5.74) is -0.0475. The van der Waals surface area contributed by atoms with Gasteiger partial charge in [0, 0.05) is 25.8 Å². The third-order valence-corrected chi connectivity index (χ3v) is 3.59. The number of azo groups is 1. The molecule has 0 spiro atoms. The largest absolute Gasteiger partial charge is 0.493 e. The summed E-state index contributed by atoms with van der Waals surface area (Å²) in [6, 6.07) is 7.15. The van der Waals surface area contributed by atoms with Crippen LogP contribution in [0.4, 0.5) is 15.8 Å². The van der Waals surface area contributed by atoms with Crippen LogP contribution >= 0.6 is 0 Å². The highest BCUT2D eigenvalue weighted by Crippen LogP contribution is 2.27. The Morgan fingerprint density at radius 2 is 2.00 bits per heavy atom. The van der Waals surface area contributed by atoms with Crippen molar-refractivity contribution in [1.29, 1.82) is 5.26 Å². The van der Waals surface area contributed by atoms with Crippen LogP contribution in [-0.4, -0.2) is 23.4 Å². The molecule has 0 radical (unpaired) electrons. The second kappa shape index (κ2) is 8.17. The molecule has 0 aliphatic rings. The molecule has 0 amide bonds. The Hall–Kier alpha value is -3.05. The summed E-state index contributed by atoms with van der Waals surface area (Å²) in [4.78, 5) is 12.6. The van der Waals surface area contributed by atoms with Gasteiger partial charge in [-0.2, -0.15) is 10.4 Å². The van der Waals surface area contributed by atoms with Crippen LogP contribution in [-0.2, 0) is 11.3 Å². The molecule has 0 saturated carbocycles. The fourth-order valence-corrected chi connectivity index (χ4v) is 2.25. The van der Waals surface area contributed by atoms with Crippen LogP contribution < -0.4 is 5.56 Å². The first-order valence-electron chi connectivity index (χ1n) is 7.52. The average Bonchev–Trinajstić information content (AvgIpc) is 2.60. The standard InChI is InChI=1S/C17H17FN4O3/c1-11-14(10-19)16(23)22(8-3-9-25-2)17(24)15(11)21-20-13-6-4-12(18)5-7-13/h4-7,23H,3,8-9H2,1-2H3. The van der Waals surface area contributed by atoms with Crippen molar-refractivity contribution in [2.24, 2.45) is 10.2 Å². The van der Waals surface area contributed by atoms with Crippen molar-refractivity contribution < 1.29 is 14.2 Å². The summed E-state index contributed by atoms with van der Waals surface area (Å²) in [5.74, 6) is -0.811. The summed E-state index contributed by atoms with van der Waals surface area (Å²) in [5, 5.41) is 27.3. The molecule has 25 heavy (non-hydrogen) atoms. The molecule has 1 heterocycles. The molecule has 130 valence electrons. The van der Waals surface area contributed by atoms with Gasteiger partial charge in [0.2, 0.25) is 5.88 Å². The number of benzene rings is 1. The predicted octanol–water partition coefficient (Wildman–Crippen LogP) is 3.33. The van der Waals surface area contributed by atoms with Gasteiger partial charge in [-0.15, -0.1) is 5.11 Å². The van der Waals surface area contributed by atoms with Crippen molar-refractivity contribution in [3.63, 3.8) is 0 Å². The van der Waals surface area contributed by atoms with Crippen LogP contribution in [0.3, 0.4) is 0 Å². The lowest BCUT2D eigenvalue weighted by Gasteiger charge is -2.12. The topological polar surface area (TPSA) is 100.0 Å². The van der Waals surface area contributed by atoms with Crippen LogP contribution in [0.15, 0.2) is 39.3 Å². The molecular formula is C17H17FN4O3. The molecule has 2 rings (SSSR count). The lowest BCUT2D eigenvalue weighted by Crippen LogP contribution is -2.22. The van der Waals surface area contributed by atoms with E-state index in [0.717, 1.165) is 4.57 Å². The smallest absolute Gasteiger partial charge is 0.281 e. The molecule has 7 nitrogen and oxygen atoms in total. The molecule has 0 fully saturated rings. The minimum Gasteiger partial charge on any atom is -0.493 e. The Morgan fingerprint density at radius 3 is 2.60 bits per heavy atom. The summed E-state index contributed by atoms with van der Waals surface area (Å²) in [6.07, 6.45) is 0.479. The van der Waals surface area contributed by atoms with Gasteiger partial charge in [0.1, 0.15) is 17.4 Å². The zero-order valence-corrected chi connectivity index (χ0v) is 13.9. The maximum Gasteiger partial charge on any atom is 0.281 e. The van der Waals surface area contributed by atoms with Gasteiger partial charge >= 0.3 is 0 Å². The quantitative estimate of drug-likeness (QED) is 0.641. The number of hydrogen-bond acceptors (Lipinski definition) is 6. The number of methoxy groups -OCH3 is 1. The van der Waals surface area contributed by atoms with Crippen LogP contribution in [0.2, 0.25) is 0 Å². The number of ether oxygens (including phenoxy) is 1. The number of nitriles is 1. The van der Waals surface area contributed by atoms with E-state index in [1.165, 1.54) is 38.3 Å². The highest BCUT2D eigenvalue weighted by atomic mass is 19.1. The van der Waals surface area contributed by atoms with Crippen molar-refractivity contribution in [3.05, 3.63) is 51.6 Å². The van der Waals surface area contributed by atoms with Gasteiger partial charge in [-0.05, 0) is 37.6 Å². The SMILES string of the molecule is COCCCn1c(O)c(C#N)c(C)c(N=Nc2ccc(F)cc2)c1=O. The van der Waals surface area contributed by atoms with Crippen LogP contribution in [0, 0.1) is 24.1 Å². The normalized spacial score (nSPS) is 11.0. The molecule has 0 unspecified atom stereocenters. The Morgan fingerprint density at radius 1 is 1.32 bits per heavy atom. The fraction of sp³-hybridized carbons (Fsp3) is 0.294. The third kappa shape index (κ3) is 4.08. The van der Waals surface area contributed by atoms with Gasteiger partial charge in [-0.1, -0.05) is 0 Å². The molecule has 0 saturated heterocycles. The van der Waals surface area contributed by atoms with E-state index in [1.54, 1.807) is 0 Å². The zero-order valence-electron chi connectivity index (χ0n) is 13.9. The summed E-state index contributed by atoms with van der Waals surface area (Å²) < 4.78 is 18.9. The molecule has 0 aliphatic carbocycles. The Bertz CT molecular complexity index is 883. The maximum atomic E-state index is 12.9. The first-order chi connectivity index (χ1) is 12.0. The number of hydrogen-bond donors (Lipinski definition) is 1. The molecule has 1 aromatic heterocycles. The Kier molecular flexibility index (Phi) is 5.98. The van der Waals surface area contributed by atoms with E-state index in [2.05, 4.69) is 10.2 Å². The van der Waals surface area contributed by atoms with Crippen LogP contribution in [0.25, 0.3) is 0 Å². The summed E-state index contributed by atoms with van der Waals surface area (Å²) >= 11 is 0. The molecule has 0 atom stereocenters. The van der Waals surface area contributed by atoms with Gasteiger partial charge in [0.05, 0.1) is 5.69 Å². The molecule has 8 heteroatoms. The average molecular weight is 344 g/mol. The van der Waals surface area contributed by atoms with Crippen molar-refractivity contribution >= 4 is 11.4 Å². The van der Waals surface area contributed by atoms with Gasteiger partial charge in [0.15, 0.2) is 5.69 Å². The number of aromatic hydroxyl groups is 1. The number of pyridine rings is 1. The number of nitrogens with zero attached hydrogens (tertiary/aromatic N) is 4. The maximum absolute atomic E-state index is 12.9. The minimum absolute atomic E-state index is 0.0370. The third-order valence-electron chi connectivity index (χ3n) is 3.59. The lowest BCUT2D eigenvalue weighted by atomic mass is 10.1. The van der Waals surface area contributed by atoms with Gasteiger partial charge in [0.25, 0.3) is 5.56 Å². The van der Waals surface area contributed by atoms with Gasteiger partial charge in [-0.3, -0.25) is 9.36 Å². The van der Waals surface area contributed by atoms with Crippen molar-refractivity contribution in [2.75, 3.05) is 13.7 Å².